The number of halogens is 4. The molecule has 0 aliphatic rings. The summed E-state index contributed by atoms with van der Waals surface area (Å²) in [6.07, 6.45) is 2.79. The van der Waals surface area contributed by atoms with Crippen LogP contribution in [0.5, 0.6) is 0 Å². The van der Waals surface area contributed by atoms with E-state index in [1.165, 1.54) is 37.4 Å². The zero-order valence-electron chi connectivity index (χ0n) is 9.91. The maximum absolute atomic E-state index is 2.66. The molecule has 0 amide bonds. The van der Waals surface area contributed by atoms with Gasteiger partial charge in [0.15, 0.2) is 0 Å². The number of quaternary nitrogens is 1. The van der Waals surface area contributed by atoms with Gasteiger partial charge in [-0.3, -0.25) is 0 Å². The summed E-state index contributed by atoms with van der Waals surface area (Å²) in [4.78, 5) is 2.57. The van der Waals surface area contributed by atoms with Crippen LogP contribution in [0.1, 0.15) is 26.7 Å². The average Bonchev–Trinajstić information content (AvgIpc) is 2.26. The molecule has 0 heterocycles. The minimum absolute atomic E-state index is 0.419. The second kappa shape index (κ2) is 10.8. The summed E-state index contributed by atoms with van der Waals surface area (Å²) in [5, 5.41) is 0. The van der Waals surface area contributed by atoms with E-state index >= 15 is 0 Å². The zero-order valence-corrected chi connectivity index (χ0v) is 18.5. The van der Waals surface area contributed by atoms with Gasteiger partial charge >= 0.3 is 139 Å². The maximum atomic E-state index is 2.66. The van der Waals surface area contributed by atoms with Crippen molar-refractivity contribution in [2.75, 3.05) is 29.6 Å². The van der Waals surface area contributed by atoms with Crippen molar-refractivity contribution in [3.63, 3.8) is 0 Å². The van der Waals surface area contributed by atoms with Crippen molar-refractivity contribution in [3.05, 3.63) is 0 Å². The summed E-state index contributed by atoms with van der Waals surface area (Å²) in [5.74, 6) is 0. The summed E-state index contributed by atoms with van der Waals surface area (Å²) < 4.78 is 7.37. The van der Waals surface area contributed by atoms with Gasteiger partial charge in [0.05, 0.1) is 0 Å². The van der Waals surface area contributed by atoms with Crippen molar-refractivity contribution in [1.82, 2.24) is 0 Å². The van der Waals surface area contributed by atoms with E-state index in [1.54, 1.807) is 4.55 Å². The number of unbranched alkanes of at least 4 members (excludes halogenated alkanes) is 1. The molecule has 1 nitrogen and oxygen atoms in total. The van der Waals surface area contributed by atoms with Crippen molar-refractivity contribution >= 4 is 61.0 Å². The number of alkyl halides is 5. The Labute approximate surface area is 136 Å². The molecule has 96 valence electrons. The normalized spacial score (nSPS) is 16.5. The summed E-state index contributed by atoms with van der Waals surface area (Å²) in [6, 6.07) is 0. The van der Waals surface area contributed by atoms with Crippen LogP contribution in [0.15, 0.2) is 0 Å². The van der Waals surface area contributed by atoms with Gasteiger partial charge in [0.1, 0.15) is 0 Å². The first-order valence-electron chi connectivity index (χ1n) is 5.27. The van der Waals surface area contributed by atoms with Crippen LogP contribution in [-0.2, 0) is 0 Å². The molecule has 1 unspecified atom stereocenters. The summed E-state index contributed by atoms with van der Waals surface area (Å²) in [6.45, 7) is 6.17. The molecule has 0 bridgehead atoms. The Balaban J connectivity index is 4.34. The first-order chi connectivity index (χ1) is 7.14. The summed E-state index contributed by atoms with van der Waals surface area (Å²) in [5.41, 5.74) is 0. The average molecular weight is 665 g/mol. The predicted octanol–water partition coefficient (Wildman–Crippen LogP) is 1.51. The summed E-state index contributed by atoms with van der Waals surface area (Å²) in [7, 11) is 0. The number of hydrogen-bond acceptors (Lipinski definition) is 0. The Bertz CT molecular complexity index is 156. The molecule has 15 heavy (non-hydrogen) atoms. The fourth-order valence-corrected chi connectivity index (χ4v) is 13.8. The van der Waals surface area contributed by atoms with Gasteiger partial charge < -0.3 is 0 Å². The van der Waals surface area contributed by atoms with Crippen molar-refractivity contribution < 1.29 is 21.7 Å². The van der Waals surface area contributed by atoms with Crippen LogP contribution in [0.4, 0.5) is 0 Å². The molecule has 0 aromatic heterocycles. The quantitative estimate of drug-likeness (QED) is 0.152. The standard InChI is InChI=1S/C10H23I4N/c1-4-6-7-15(8-11,9-13-12)10-14(3)5-2/h4-10H2,1-3H3. The molecule has 0 aliphatic heterocycles. The van der Waals surface area contributed by atoms with Crippen molar-refractivity contribution in [2.45, 2.75) is 26.7 Å². The monoisotopic (exact) mass is 665 g/mol. The zero-order chi connectivity index (χ0) is 11.7. The van der Waals surface area contributed by atoms with E-state index < -0.39 is 19.8 Å². The van der Waals surface area contributed by atoms with Gasteiger partial charge in [0.2, 0.25) is 0 Å². The first-order valence-corrected chi connectivity index (χ1v) is 19.8. The Morgan fingerprint density at radius 1 is 1.33 bits per heavy atom. The second-order valence-electron chi connectivity index (χ2n) is 3.87. The Morgan fingerprint density at radius 2 is 2.00 bits per heavy atom. The fraction of sp³-hybridized carbons (Fsp3) is 1.00. The third kappa shape index (κ3) is 7.81. The molecule has 0 spiro atoms. The van der Waals surface area contributed by atoms with Crippen LogP contribution in [0.3, 0.4) is 0 Å². The fourth-order valence-electron chi connectivity index (χ4n) is 1.38. The molecule has 0 fully saturated rings. The van der Waals surface area contributed by atoms with Gasteiger partial charge in [0.25, 0.3) is 0 Å². The van der Waals surface area contributed by atoms with Gasteiger partial charge in [-0.15, -0.1) is 0 Å². The molecule has 0 saturated heterocycles. The Hall–Kier alpha value is 2.88. The Kier molecular flexibility index (Phi) is 12.8. The van der Waals surface area contributed by atoms with Gasteiger partial charge in [0, 0.05) is 0 Å². The van der Waals surface area contributed by atoms with Crippen molar-refractivity contribution in [3.8, 4) is 0 Å². The van der Waals surface area contributed by atoms with Gasteiger partial charge in [-0.2, -0.15) is 0 Å². The minimum atomic E-state index is -0.584. The van der Waals surface area contributed by atoms with Crippen molar-refractivity contribution in [2.24, 2.45) is 0 Å². The van der Waals surface area contributed by atoms with E-state index in [2.05, 4.69) is 60.0 Å². The van der Waals surface area contributed by atoms with Gasteiger partial charge in [-0.05, 0) is 0 Å². The molecule has 0 rings (SSSR count). The van der Waals surface area contributed by atoms with Gasteiger partial charge in [-0.25, -0.2) is 0 Å². The SMILES string of the molecule is CCCC[N+](CI)(C[I-]I)CI(C)CC. The molecule has 0 saturated carbocycles. The number of nitrogens with zero attached hydrogens (tertiary/aromatic N) is 1. The van der Waals surface area contributed by atoms with Crippen LogP contribution in [0, 0.1) is 0 Å². The molecule has 5 heteroatoms. The van der Waals surface area contributed by atoms with Gasteiger partial charge in [-0.1, -0.05) is 0 Å². The number of rotatable bonds is 9. The molecular formula is C10H23I4N. The van der Waals surface area contributed by atoms with Crippen LogP contribution < -0.4 is 17.2 Å². The van der Waals surface area contributed by atoms with E-state index in [0.29, 0.717) is 17.2 Å². The van der Waals surface area contributed by atoms with E-state index in [-0.39, 0.29) is 0 Å². The first kappa shape index (κ1) is 17.9. The molecule has 0 aliphatic carbocycles. The molecule has 0 aromatic carbocycles. The summed E-state index contributed by atoms with van der Waals surface area (Å²) >= 11 is 5.12. The van der Waals surface area contributed by atoms with Crippen LogP contribution in [0.25, 0.3) is 0 Å². The van der Waals surface area contributed by atoms with Crippen LogP contribution >= 0.6 is 61.0 Å². The molecule has 1 atom stereocenters. The molecular weight excluding hydrogens is 642 g/mol. The topological polar surface area (TPSA) is 0 Å². The molecule has 0 radical (unpaired) electrons. The Morgan fingerprint density at radius 3 is 2.40 bits per heavy atom. The number of hydrogen-bond donors (Lipinski definition) is 0. The van der Waals surface area contributed by atoms with Crippen LogP contribution in [0.2, 0.25) is 0 Å². The van der Waals surface area contributed by atoms with E-state index in [1.807, 2.05) is 0 Å². The molecule has 0 aromatic rings. The third-order valence-electron chi connectivity index (χ3n) is 2.45. The van der Waals surface area contributed by atoms with E-state index in [4.69, 9.17) is 0 Å². The molecule has 0 N–H and O–H groups in total. The third-order valence-corrected chi connectivity index (χ3v) is 12.6. The second-order valence-corrected chi connectivity index (χ2v) is 16.0. The van der Waals surface area contributed by atoms with E-state index in [9.17, 15) is 0 Å². The predicted molar refractivity (Wildman–Crippen MR) is 93.2 cm³/mol. The van der Waals surface area contributed by atoms with E-state index in [0.717, 1.165) is 0 Å². The van der Waals surface area contributed by atoms with Crippen LogP contribution in [-0.4, -0.2) is 34.0 Å². The van der Waals surface area contributed by atoms with Crippen molar-refractivity contribution in [1.29, 1.82) is 0 Å².